The van der Waals surface area contributed by atoms with E-state index in [1.54, 1.807) is 29.2 Å². The van der Waals surface area contributed by atoms with Crippen LogP contribution in [0.3, 0.4) is 0 Å². The monoisotopic (exact) mass is 464 g/mol. The third kappa shape index (κ3) is 5.03. The van der Waals surface area contributed by atoms with Crippen molar-refractivity contribution in [1.29, 1.82) is 0 Å². The molecular formula is C25H32N6O3. The Morgan fingerprint density at radius 2 is 1.88 bits per heavy atom. The molecule has 0 radical (unpaired) electrons. The lowest BCUT2D eigenvalue weighted by Gasteiger charge is -2.30. The van der Waals surface area contributed by atoms with Crippen molar-refractivity contribution in [1.82, 2.24) is 25.2 Å². The average molecular weight is 465 g/mol. The zero-order valence-corrected chi connectivity index (χ0v) is 20.2. The van der Waals surface area contributed by atoms with Gasteiger partial charge in [-0.05, 0) is 64.7 Å². The molecule has 0 aliphatic heterocycles. The first-order chi connectivity index (χ1) is 16.3. The summed E-state index contributed by atoms with van der Waals surface area (Å²) < 4.78 is 6.91. The number of carbonyl (C=O) groups is 2. The molecule has 0 bridgehead atoms. The van der Waals surface area contributed by atoms with E-state index in [4.69, 9.17) is 4.52 Å². The maximum absolute atomic E-state index is 13.3. The molecule has 9 heteroatoms. The number of rotatable bonds is 7. The van der Waals surface area contributed by atoms with Crippen molar-refractivity contribution >= 4 is 17.6 Å². The van der Waals surface area contributed by atoms with Crippen molar-refractivity contribution in [3.05, 3.63) is 47.7 Å². The summed E-state index contributed by atoms with van der Waals surface area (Å²) in [5.41, 5.74) is 3.01. The van der Waals surface area contributed by atoms with Crippen molar-refractivity contribution in [3.63, 3.8) is 0 Å². The van der Waals surface area contributed by atoms with E-state index in [1.165, 1.54) is 0 Å². The van der Waals surface area contributed by atoms with Gasteiger partial charge in [-0.15, -0.1) is 0 Å². The zero-order chi connectivity index (χ0) is 24.2. The third-order valence-corrected chi connectivity index (χ3v) is 6.42. The normalized spacial score (nSPS) is 15.3. The Hall–Kier alpha value is -3.49. The quantitative estimate of drug-likeness (QED) is 0.534. The fourth-order valence-corrected chi connectivity index (χ4v) is 4.70. The van der Waals surface area contributed by atoms with Crippen molar-refractivity contribution in [2.24, 2.45) is 5.92 Å². The zero-order valence-electron chi connectivity index (χ0n) is 20.2. The second-order valence-corrected chi connectivity index (χ2v) is 9.22. The molecule has 3 aromatic rings. The number of hydrogen-bond donors (Lipinski definition) is 2. The van der Waals surface area contributed by atoms with Crippen LogP contribution in [0.15, 0.2) is 35.1 Å². The molecule has 4 rings (SSSR count). The van der Waals surface area contributed by atoms with Crippen molar-refractivity contribution in [2.45, 2.75) is 71.9 Å². The summed E-state index contributed by atoms with van der Waals surface area (Å²) in [5.74, 6) is 0.682. The predicted molar refractivity (Wildman–Crippen MR) is 128 cm³/mol. The Labute approximate surface area is 199 Å². The summed E-state index contributed by atoms with van der Waals surface area (Å²) in [7, 11) is 0. The van der Waals surface area contributed by atoms with Gasteiger partial charge in [0.2, 0.25) is 5.91 Å². The molecule has 3 aromatic heterocycles. The number of carbonyl (C=O) groups excluding carboxylic acids is 2. The van der Waals surface area contributed by atoms with Crippen LogP contribution in [0.4, 0.5) is 5.82 Å². The van der Waals surface area contributed by atoms with Crippen LogP contribution in [0.1, 0.15) is 73.9 Å². The van der Waals surface area contributed by atoms with Crippen LogP contribution < -0.4 is 10.6 Å². The number of amides is 2. The van der Waals surface area contributed by atoms with Gasteiger partial charge in [0.25, 0.3) is 5.91 Å². The Bertz CT molecular complexity index is 1120. The number of aromatic nitrogens is 4. The molecule has 180 valence electrons. The molecule has 0 aromatic carbocycles. The molecule has 0 saturated heterocycles. The molecule has 0 spiro atoms. The van der Waals surface area contributed by atoms with E-state index in [0.29, 0.717) is 11.5 Å². The largest absolute Gasteiger partial charge is 0.361 e. The van der Waals surface area contributed by atoms with Gasteiger partial charge in [0, 0.05) is 29.6 Å². The maximum atomic E-state index is 13.3. The predicted octanol–water partition coefficient (Wildman–Crippen LogP) is 4.45. The Morgan fingerprint density at radius 1 is 1.12 bits per heavy atom. The lowest BCUT2D eigenvalue weighted by Crippen LogP contribution is -2.49. The first-order valence-corrected chi connectivity index (χ1v) is 11.9. The first kappa shape index (κ1) is 23.7. The number of nitrogens with one attached hydrogen (secondary N) is 2. The van der Waals surface area contributed by atoms with Crippen molar-refractivity contribution in [2.75, 3.05) is 5.32 Å². The van der Waals surface area contributed by atoms with Gasteiger partial charge in [-0.1, -0.05) is 24.4 Å². The van der Waals surface area contributed by atoms with Gasteiger partial charge in [-0.25, -0.2) is 4.98 Å². The van der Waals surface area contributed by atoms with Gasteiger partial charge in [0.15, 0.2) is 0 Å². The van der Waals surface area contributed by atoms with E-state index in [1.807, 2.05) is 33.8 Å². The van der Waals surface area contributed by atoms with E-state index < -0.39 is 6.04 Å². The standard InChI is InChI=1S/C25H32N6O3/c1-15(2)31-20(12-13-27-31)24(32)29-23(18-8-6-5-7-9-18)25(33)28-21-11-10-19(14-26-21)22-16(3)30-34-17(22)4/h10-15,18,23H,5-9H2,1-4H3,(H,29,32)(H,26,28,33)/t23-/m0/s1. The summed E-state index contributed by atoms with van der Waals surface area (Å²) in [6.45, 7) is 7.66. The second kappa shape index (κ2) is 10.2. The molecule has 2 amide bonds. The Kier molecular flexibility index (Phi) is 7.09. The highest BCUT2D eigenvalue weighted by molar-refractivity contribution is 6.00. The minimum Gasteiger partial charge on any atom is -0.361 e. The summed E-state index contributed by atoms with van der Waals surface area (Å²) in [4.78, 5) is 30.9. The van der Waals surface area contributed by atoms with Gasteiger partial charge >= 0.3 is 0 Å². The van der Waals surface area contributed by atoms with Crippen molar-refractivity contribution < 1.29 is 14.1 Å². The molecule has 2 N–H and O–H groups in total. The third-order valence-electron chi connectivity index (χ3n) is 6.42. The summed E-state index contributed by atoms with van der Waals surface area (Å²) in [5, 5.41) is 14.1. The van der Waals surface area contributed by atoms with Crippen LogP contribution in [0.5, 0.6) is 0 Å². The number of aryl methyl sites for hydroxylation is 2. The summed E-state index contributed by atoms with van der Waals surface area (Å²) in [6, 6.07) is 4.71. The van der Waals surface area contributed by atoms with Crippen LogP contribution in [-0.4, -0.2) is 37.8 Å². The highest BCUT2D eigenvalue weighted by Crippen LogP contribution is 2.29. The number of anilines is 1. The van der Waals surface area contributed by atoms with Crippen LogP contribution in [0.2, 0.25) is 0 Å². The topological polar surface area (TPSA) is 115 Å². The van der Waals surface area contributed by atoms with E-state index in [9.17, 15) is 9.59 Å². The van der Waals surface area contributed by atoms with E-state index in [2.05, 4.69) is 25.9 Å². The molecule has 1 atom stereocenters. The maximum Gasteiger partial charge on any atom is 0.270 e. The molecule has 1 aliphatic carbocycles. The highest BCUT2D eigenvalue weighted by atomic mass is 16.5. The summed E-state index contributed by atoms with van der Waals surface area (Å²) >= 11 is 0. The molecule has 9 nitrogen and oxygen atoms in total. The van der Waals surface area contributed by atoms with Gasteiger partial charge < -0.3 is 15.2 Å². The fourth-order valence-electron chi connectivity index (χ4n) is 4.70. The molecule has 3 heterocycles. The second-order valence-electron chi connectivity index (χ2n) is 9.22. The number of hydrogen-bond acceptors (Lipinski definition) is 6. The van der Waals surface area contributed by atoms with Crippen LogP contribution in [0, 0.1) is 19.8 Å². The molecule has 1 fully saturated rings. The van der Waals surface area contributed by atoms with E-state index in [0.717, 1.165) is 54.7 Å². The molecule has 1 aliphatic rings. The minimum atomic E-state index is -0.646. The number of nitrogens with zero attached hydrogens (tertiary/aromatic N) is 4. The van der Waals surface area contributed by atoms with Crippen molar-refractivity contribution in [3.8, 4) is 11.1 Å². The lowest BCUT2D eigenvalue weighted by molar-refractivity contribution is -0.119. The summed E-state index contributed by atoms with van der Waals surface area (Å²) in [6.07, 6.45) is 8.37. The molecule has 1 saturated carbocycles. The van der Waals surface area contributed by atoms with Crippen LogP contribution in [-0.2, 0) is 4.79 Å². The molecular weight excluding hydrogens is 432 g/mol. The molecule has 0 unspecified atom stereocenters. The smallest absolute Gasteiger partial charge is 0.270 e. The van der Waals surface area contributed by atoms with Crippen LogP contribution >= 0.6 is 0 Å². The van der Waals surface area contributed by atoms with Gasteiger partial charge in [0.1, 0.15) is 23.3 Å². The van der Waals surface area contributed by atoms with Crippen LogP contribution in [0.25, 0.3) is 11.1 Å². The van der Waals surface area contributed by atoms with Gasteiger partial charge in [-0.2, -0.15) is 5.10 Å². The van der Waals surface area contributed by atoms with E-state index >= 15 is 0 Å². The number of pyridine rings is 1. The average Bonchev–Trinajstić information content (AvgIpc) is 3.45. The Balaban J connectivity index is 1.51. The minimum absolute atomic E-state index is 0.0399. The molecule has 34 heavy (non-hydrogen) atoms. The van der Waals surface area contributed by atoms with Gasteiger partial charge in [-0.3, -0.25) is 14.3 Å². The van der Waals surface area contributed by atoms with Gasteiger partial charge in [0.05, 0.1) is 5.69 Å². The SMILES string of the molecule is Cc1noc(C)c1-c1ccc(NC(=O)[C@@H](NC(=O)c2ccnn2C(C)C)C2CCCCC2)nc1. The highest BCUT2D eigenvalue weighted by Gasteiger charge is 2.32. The Morgan fingerprint density at radius 3 is 2.50 bits per heavy atom. The lowest BCUT2D eigenvalue weighted by atomic mass is 9.83. The fraction of sp³-hybridized carbons (Fsp3) is 0.480. The van der Waals surface area contributed by atoms with E-state index in [-0.39, 0.29) is 23.8 Å². The first-order valence-electron chi connectivity index (χ1n) is 11.9.